The Morgan fingerprint density at radius 1 is 1.54 bits per heavy atom. The number of nitrogens with two attached hydrogens (primary N) is 1. The molecule has 0 bridgehead atoms. The zero-order valence-electron chi connectivity index (χ0n) is 6.89. The third kappa shape index (κ3) is 1.68. The molecule has 1 heterocycles. The Balaban J connectivity index is 2.56. The second-order valence-corrected chi connectivity index (χ2v) is 4.51. The largest absolute Gasteiger partial charge is 0.323 e. The summed E-state index contributed by atoms with van der Waals surface area (Å²) in [6.45, 7) is 0. The lowest BCUT2D eigenvalue weighted by atomic mass is 10.0. The highest BCUT2D eigenvalue weighted by molar-refractivity contribution is 7.98. The first-order valence-electron chi connectivity index (χ1n) is 3.99. The molecule has 13 heavy (non-hydrogen) atoms. The van der Waals surface area contributed by atoms with Gasteiger partial charge in [0.15, 0.2) is 0 Å². The van der Waals surface area contributed by atoms with Crippen LogP contribution in [0.25, 0.3) is 0 Å². The monoisotopic (exact) mass is 217 g/mol. The van der Waals surface area contributed by atoms with Crippen LogP contribution in [0.4, 0.5) is 4.39 Å². The highest BCUT2D eigenvalue weighted by Crippen LogP contribution is 2.35. The lowest BCUT2D eigenvalue weighted by molar-refractivity contribution is 0.621. The van der Waals surface area contributed by atoms with E-state index in [0.29, 0.717) is 5.02 Å². The van der Waals surface area contributed by atoms with Crippen LogP contribution in [0, 0.1) is 5.82 Å². The Hall–Kier alpha value is -0.250. The van der Waals surface area contributed by atoms with Gasteiger partial charge >= 0.3 is 0 Å². The first-order chi connectivity index (χ1) is 6.18. The molecule has 70 valence electrons. The standard InChI is InChI=1S/C9H9ClFNS/c10-8-2-5(11)1-6-7(8)3-13-4-9(6)12/h1-2,9H,3-4,12H2/t9-/m0/s1. The van der Waals surface area contributed by atoms with E-state index in [9.17, 15) is 4.39 Å². The van der Waals surface area contributed by atoms with Crippen LogP contribution in [0.1, 0.15) is 17.2 Å². The molecule has 1 nitrogen and oxygen atoms in total. The summed E-state index contributed by atoms with van der Waals surface area (Å²) in [5.74, 6) is 1.38. The van der Waals surface area contributed by atoms with Gasteiger partial charge in [-0.25, -0.2) is 4.39 Å². The molecule has 1 aromatic rings. The second kappa shape index (κ2) is 3.48. The van der Waals surface area contributed by atoms with E-state index >= 15 is 0 Å². The first kappa shape index (κ1) is 9.31. The van der Waals surface area contributed by atoms with Crippen LogP contribution < -0.4 is 5.73 Å². The molecular formula is C9H9ClFNS. The van der Waals surface area contributed by atoms with E-state index < -0.39 is 0 Å². The van der Waals surface area contributed by atoms with E-state index in [2.05, 4.69) is 0 Å². The predicted octanol–water partition coefficient (Wildman–Crippen LogP) is 2.73. The third-order valence-electron chi connectivity index (χ3n) is 2.14. The molecule has 1 aliphatic heterocycles. The van der Waals surface area contributed by atoms with Crippen LogP contribution in [-0.4, -0.2) is 5.75 Å². The summed E-state index contributed by atoms with van der Waals surface area (Å²) in [6, 6.07) is 2.76. The van der Waals surface area contributed by atoms with E-state index in [-0.39, 0.29) is 11.9 Å². The maximum atomic E-state index is 13.0. The van der Waals surface area contributed by atoms with E-state index in [1.807, 2.05) is 0 Å². The summed E-state index contributed by atoms with van der Waals surface area (Å²) >= 11 is 7.64. The first-order valence-corrected chi connectivity index (χ1v) is 5.53. The molecule has 1 aromatic carbocycles. The number of benzene rings is 1. The lowest BCUT2D eigenvalue weighted by Crippen LogP contribution is -2.19. The molecule has 0 aromatic heterocycles. The molecule has 4 heteroatoms. The van der Waals surface area contributed by atoms with Gasteiger partial charge in [0.05, 0.1) is 0 Å². The maximum absolute atomic E-state index is 13.0. The van der Waals surface area contributed by atoms with Crippen molar-refractivity contribution in [3.63, 3.8) is 0 Å². The van der Waals surface area contributed by atoms with Gasteiger partial charge in [-0.05, 0) is 23.3 Å². The molecule has 1 atom stereocenters. The Bertz CT molecular complexity index is 343. The highest BCUT2D eigenvalue weighted by atomic mass is 35.5. The van der Waals surface area contributed by atoms with Gasteiger partial charge in [-0.3, -0.25) is 0 Å². The maximum Gasteiger partial charge on any atom is 0.125 e. The predicted molar refractivity (Wildman–Crippen MR) is 54.5 cm³/mol. The Morgan fingerprint density at radius 3 is 3.08 bits per heavy atom. The van der Waals surface area contributed by atoms with Gasteiger partial charge in [0.25, 0.3) is 0 Å². The highest BCUT2D eigenvalue weighted by Gasteiger charge is 2.20. The normalized spacial score (nSPS) is 21.3. The van der Waals surface area contributed by atoms with Crippen molar-refractivity contribution in [1.29, 1.82) is 0 Å². The fourth-order valence-corrected chi connectivity index (χ4v) is 2.92. The number of hydrogen-bond donors (Lipinski definition) is 1. The molecule has 0 spiro atoms. The summed E-state index contributed by atoms with van der Waals surface area (Å²) in [4.78, 5) is 0. The van der Waals surface area contributed by atoms with Gasteiger partial charge in [0.2, 0.25) is 0 Å². The van der Waals surface area contributed by atoms with Crippen LogP contribution in [0.3, 0.4) is 0 Å². The zero-order valence-corrected chi connectivity index (χ0v) is 8.46. The lowest BCUT2D eigenvalue weighted by Gasteiger charge is -2.22. The van der Waals surface area contributed by atoms with E-state index in [1.165, 1.54) is 12.1 Å². The minimum absolute atomic E-state index is 0.0815. The quantitative estimate of drug-likeness (QED) is 0.723. The average Bonchev–Trinajstić information content (AvgIpc) is 2.07. The smallest absolute Gasteiger partial charge is 0.125 e. The van der Waals surface area contributed by atoms with Crippen molar-refractivity contribution in [2.24, 2.45) is 5.73 Å². The molecule has 0 aliphatic carbocycles. The molecule has 0 fully saturated rings. The number of thioether (sulfide) groups is 1. The minimum Gasteiger partial charge on any atom is -0.323 e. The zero-order chi connectivity index (χ0) is 9.42. The minimum atomic E-state index is -0.300. The molecule has 2 N–H and O–H groups in total. The number of fused-ring (bicyclic) bond motifs is 1. The van der Waals surface area contributed by atoms with Gasteiger partial charge < -0.3 is 5.73 Å². The van der Waals surface area contributed by atoms with Crippen LogP contribution >= 0.6 is 23.4 Å². The molecule has 0 saturated heterocycles. The van der Waals surface area contributed by atoms with Crippen molar-refractivity contribution in [2.75, 3.05) is 5.75 Å². The van der Waals surface area contributed by atoms with Crippen molar-refractivity contribution in [3.05, 3.63) is 34.1 Å². The summed E-state index contributed by atoms with van der Waals surface area (Å²) in [5.41, 5.74) is 7.69. The molecule has 1 aliphatic rings. The topological polar surface area (TPSA) is 26.0 Å². The summed E-state index contributed by atoms with van der Waals surface area (Å²) < 4.78 is 13.0. The van der Waals surface area contributed by atoms with Crippen LogP contribution in [0.5, 0.6) is 0 Å². The van der Waals surface area contributed by atoms with E-state index in [4.69, 9.17) is 17.3 Å². The van der Waals surface area contributed by atoms with Crippen molar-refractivity contribution >= 4 is 23.4 Å². The van der Waals surface area contributed by atoms with Gasteiger partial charge in [0, 0.05) is 22.6 Å². The number of halogens is 2. The van der Waals surface area contributed by atoms with Crippen LogP contribution in [-0.2, 0) is 5.75 Å². The molecule has 2 rings (SSSR count). The molecule has 0 unspecified atom stereocenters. The SMILES string of the molecule is N[C@H]1CSCc2c(Cl)cc(F)cc21. The molecule has 0 saturated carbocycles. The second-order valence-electron chi connectivity index (χ2n) is 3.08. The fraction of sp³-hybridized carbons (Fsp3) is 0.333. The van der Waals surface area contributed by atoms with Crippen molar-refractivity contribution in [1.82, 2.24) is 0 Å². The molecule has 0 radical (unpaired) electrons. The van der Waals surface area contributed by atoms with Gasteiger partial charge in [0.1, 0.15) is 5.82 Å². The van der Waals surface area contributed by atoms with Gasteiger partial charge in [-0.1, -0.05) is 11.6 Å². The molecular weight excluding hydrogens is 209 g/mol. The van der Waals surface area contributed by atoms with E-state index in [0.717, 1.165) is 22.6 Å². The van der Waals surface area contributed by atoms with Gasteiger partial charge in [-0.2, -0.15) is 11.8 Å². The number of rotatable bonds is 0. The van der Waals surface area contributed by atoms with Crippen molar-refractivity contribution < 1.29 is 4.39 Å². The third-order valence-corrected chi connectivity index (χ3v) is 3.56. The summed E-state index contributed by atoms with van der Waals surface area (Å²) in [6.07, 6.45) is 0. The average molecular weight is 218 g/mol. The Kier molecular flexibility index (Phi) is 2.49. The van der Waals surface area contributed by atoms with Gasteiger partial charge in [-0.15, -0.1) is 0 Å². The number of hydrogen-bond acceptors (Lipinski definition) is 2. The van der Waals surface area contributed by atoms with Crippen molar-refractivity contribution in [3.8, 4) is 0 Å². The fourth-order valence-electron chi connectivity index (χ4n) is 1.48. The van der Waals surface area contributed by atoms with Crippen LogP contribution in [0.15, 0.2) is 12.1 Å². The Labute approximate surface area is 85.5 Å². The summed E-state index contributed by atoms with van der Waals surface area (Å²) in [7, 11) is 0. The van der Waals surface area contributed by atoms with Crippen LogP contribution in [0.2, 0.25) is 5.02 Å². The Morgan fingerprint density at radius 2 is 2.31 bits per heavy atom. The summed E-state index contributed by atoms with van der Waals surface area (Å²) in [5, 5.41) is 0.498. The van der Waals surface area contributed by atoms with E-state index in [1.54, 1.807) is 11.8 Å². The molecule has 0 amide bonds. The van der Waals surface area contributed by atoms with Crippen molar-refractivity contribution in [2.45, 2.75) is 11.8 Å².